The summed E-state index contributed by atoms with van der Waals surface area (Å²) in [7, 11) is 0. The molecule has 20 heavy (non-hydrogen) atoms. The van der Waals surface area contributed by atoms with Crippen LogP contribution >= 0.6 is 0 Å². The maximum absolute atomic E-state index is 12.2. The lowest BCUT2D eigenvalue weighted by molar-refractivity contribution is 0.102. The summed E-state index contributed by atoms with van der Waals surface area (Å²) < 4.78 is 5.41. The van der Waals surface area contributed by atoms with E-state index in [0.29, 0.717) is 17.9 Å². The van der Waals surface area contributed by atoms with Crippen molar-refractivity contribution in [2.75, 3.05) is 11.9 Å². The molecule has 1 aliphatic rings. The van der Waals surface area contributed by atoms with Crippen molar-refractivity contribution in [2.45, 2.75) is 20.0 Å². The van der Waals surface area contributed by atoms with Gasteiger partial charge in [-0.3, -0.25) is 9.78 Å². The lowest BCUT2D eigenvalue weighted by Crippen LogP contribution is -2.16. The lowest BCUT2D eigenvalue weighted by atomic mass is 10.1. The number of nitrogens with one attached hydrogen (secondary N) is 1. The van der Waals surface area contributed by atoms with E-state index < -0.39 is 0 Å². The molecule has 0 bridgehead atoms. The third-order valence-corrected chi connectivity index (χ3v) is 3.45. The molecular formula is C16H16N2O2. The zero-order valence-electron chi connectivity index (χ0n) is 11.3. The molecule has 1 aromatic carbocycles. The predicted molar refractivity (Wildman–Crippen MR) is 76.7 cm³/mol. The van der Waals surface area contributed by atoms with Crippen molar-refractivity contribution in [2.24, 2.45) is 0 Å². The van der Waals surface area contributed by atoms with E-state index >= 15 is 0 Å². The second kappa shape index (κ2) is 5.43. The SMILES string of the molecule is Cc1ccccc1C(=O)Nc1cnc2c(c1)COCC2. The molecule has 102 valence electrons. The highest BCUT2D eigenvalue weighted by Gasteiger charge is 2.13. The van der Waals surface area contributed by atoms with Crippen LogP contribution in [0.3, 0.4) is 0 Å². The maximum atomic E-state index is 12.2. The normalized spacial score (nSPS) is 13.7. The minimum atomic E-state index is -0.110. The summed E-state index contributed by atoms with van der Waals surface area (Å²) in [5, 5.41) is 2.89. The van der Waals surface area contributed by atoms with E-state index in [4.69, 9.17) is 4.74 Å². The van der Waals surface area contributed by atoms with Gasteiger partial charge in [-0.2, -0.15) is 0 Å². The van der Waals surface area contributed by atoms with Crippen LogP contribution in [0.15, 0.2) is 36.5 Å². The van der Waals surface area contributed by atoms with Crippen molar-refractivity contribution < 1.29 is 9.53 Å². The maximum Gasteiger partial charge on any atom is 0.255 e. The number of aryl methyl sites for hydroxylation is 1. The van der Waals surface area contributed by atoms with Crippen molar-refractivity contribution in [1.82, 2.24) is 4.98 Å². The zero-order valence-corrected chi connectivity index (χ0v) is 11.3. The fraction of sp³-hybridized carbons (Fsp3) is 0.250. The van der Waals surface area contributed by atoms with Gasteiger partial charge in [0.15, 0.2) is 0 Å². The topological polar surface area (TPSA) is 51.2 Å². The molecule has 1 amide bonds. The molecule has 0 fully saturated rings. The van der Waals surface area contributed by atoms with Gasteiger partial charge in [-0.05, 0) is 24.6 Å². The van der Waals surface area contributed by atoms with Crippen LogP contribution in [0.4, 0.5) is 5.69 Å². The molecule has 4 nitrogen and oxygen atoms in total. The van der Waals surface area contributed by atoms with Crippen molar-refractivity contribution >= 4 is 11.6 Å². The Kier molecular flexibility index (Phi) is 3.48. The second-order valence-corrected chi connectivity index (χ2v) is 4.90. The van der Waals surface area contributed by atoms with E-state index in [2.05, 4.69) is 10.3 Å². The summed E-state index contributed by atoms with van der Waals surface area (Å²) in [6.45, 7) is 3.21. The number of carbonyl (C=O) groups is 1. The number of aromatic nitrogens is 1. The standard InChI is InChI=1S/C16H16N2O2/c1-11-4-2-3-5-14(11)16(19)18-13-8-12-10-20-7-6-15(12)17-9-13/h2-5,8-9H,6-7,10H2,1H3,(H,18,19). The molecule has 1 aliphatic heterocycles. The number of anilines is 1. The van der Waals surface area contributed by atoms with Gasteiger partial charge in [0.25, 0.3) is 5.91 Å². The Balaban J connectivity index is 1.81. The molecule has 0 radical (unpaired) electrons. The number of benzene rings is 1. The molecule has 4 heteroatoms. The third kappa shape index (κ3) is 2.56. The number of pyridine rings is 1. The molecular weight excluding hydrogens is 252 g/mol. The van der Waals surface area contributed by atoms with E-state index in [-0.39, 0.29) is 5.91 Å². The van der Waals surface area contributed by atoms with Crippen molar-refractivity contribution in [3.05, 3.63) is 58.9 Å². The van der Waals surface area contributed by atoms with Gasteiger partial charge in [0.05, 0.1) is 25.1 Å². The van der Waals surface area contributed by atoms with E-state index in [1.54, 1.807) is 6.20 Å². The molecule has 0 atom stereocenters. The van der Waals surface area contributed by atoms with Crippen molar-refractivity contribution in [1.29, 1.82) is 0 Å². The van der Waals surface area contributed by atoms with Crippen LogP contribution in [0.2, 0.25) is 0 Å². The van der Waals surface area contributed by atoms with Gasteiger partial charge in [-0.1, -0.05) is 18.2 Å². The molecule has 0 unspecified atom stereocenters. The lowest BCUT2D eigenvalue weighted by Gasteiger charge is -2.16. The van der Waals surface area contributed by atoms with E-state index in [0.717, 1.165) is 29.8 Å². The summed E-state index contributed by atoms with van der Waals surface area (Å²) in [4.78, 5) is 16.6. The van der Waals surface area contributed by atoms with Crippen LogP contribution < -0.4 is 5.32 Å². The van der Waals surface area contributed by atoms with E-state index in [1.807, 2.05) is 37.3 Å². The highest BCUT2D eigenvalue weighted by atomic mass is 16.5. The molecule has 0 aliphatic carbocycles. The molecule has 0 spiro atoms. The molecule has 0 saturated heterocycles. The largest absolute Gasteiger partial charge is 0.376 e. The predicted octanol–water partition coefficient (Wildman–Crippen LogP) is 2.72. The van der Waals surface area contributed by atoms with Crippen molar-refractivity contribution in [3.8, 4) is 0 Å². The van der Waals surface area contributed by atoms with Crippen LogP contribution in [-0.4, -0.2) is 17.5 Å². The Morgan fingerprint density at radius 1 is 1.35 bits per heavy atom. The second-order valence-electron chi connectivity index (χ2n) is 4.90. The Hall–Kier alpha value is -2.20. The Bertz CT molecular complexity index is 653. The average molecular weight is 268 g/mol. The fourth-order valence-corrected chi connectivity index (χ4v) is 2.33. The summed E-state index contributed by atoms with van der Waals surface area (Å²) >= 11 is 0. The first-order valence-corrected chi connectivity index (χ1v) is 6.66. The van der Waals surface area contributed by atoms with Crippen LogP contribution in [0.1, 0.15) is 27.2 Å². The van der Waals surface area contributed by atoms with Crippen LogP contribution in [0, 0.1) is 6.92 Å². The first-order valence-electron chi connectivity index (χ1n) is 6.66. The first kappa shape index (κ1) is 12.8. The summed E-state index contributed by atoms with van der Waals surface area (Å²) in [5.41, 5.74) is 4.47. The van der Waals surface area contributed by atoms with Crippen LogP contribution in [-0.2, 0) is 17.8 Å². The summed E-state index contributed by atoms with van der Waals surface area (Å²) in [6, 6.07) is 9.47. The van der Waals surface area contributed by atoms with Gasteiger partial charge in [-0.15, -0.1) is 0 Å². The highest BCUT2D eigenvalue weighted by Crippen LogP contribution is 2.19. The Morgan fingerprint density at radius 3 is 3.05 bits per heavy atom. The smallest absolute Gasteiger partial charge is 0.255 e. The molecule has 1 N–H and O–H groups in total. The monoisotopic (exact) mass is 268 g/mol. The van der Waals surface area contributed by atoms with Crippen LogP contribution in [0.5, 0.6) is 0 Å². The van der Waals surface area contributed by atoms with Crippen LogP contribution in [0.25, 0.3) is 0 Å². The molecule has 2 aromatic rings. The minimum Gasteiger partial charge on any atom is -0.376 e. The van der Waals surface area contributed by atoms with Gasteiger partial charge < -0.3 is 10.1 Å². The fourth-order valence-electron chi connectivity index (χ4n) is 2.33. The van der Waals surface area contributed by atoms with Gasteiger partial charge in [0, 0.05) is 23.2 Å². The number of nitrogens with zero attached hydrogens (tertiary/aromatic N) is 1. The molecule has 1 aromatic heterocycles. The highest BCUT2D eigenvalue weighted by molar-refractivity contribution is 6.05. The molecule has 2 heterocycles. The number of hydrogen-bond acceptors (Lipinski definition) is 3. The number of amides is 1. The molecule has 3 rings (SSSR count). The third-order valence-electron chi connectivity index (χ3n) is 3.45. The summed E-state index contributed by atoms with van der Waals surface area (Å²) in [6.07, 6.45) is 2.54. The molecule has 0 saturated carbocycles. The summed E-state index contributed by atoms with van der Waals surface area (Å²) in [5.74, 6) is -0.110. The number of ether oxygens (including phenoxy) is 1. The minimum absolute atomic E-state index is 0.110. The van der Waals surface area contributed by atoms with Gasteiger partial charge in [0.1, 0.15) is 0 Å². The first-order chi connectivity index (χ1) is 9.74. The number of hydrogen-bond donors (Lipinski definition) is 1. The number of fused-ring (bicyclic) bond motifs is 1. The van der Waals surface area contributed by atoms with Crippen molar-refractivity contribution in [3.63, 3.8) is 0 Å². The number of carbonyl (C=O) groups excluding carboxylic acids is 1. The van der Waals surface area contributed by atoms with Gasteiger partial charge in [0.2, 0.25) is 0 Å². The quantitative estimate of drug-likeness (QED) is 0.911. The average Bonchev–Trinajstić information content (AvgIpc) is 2.47. The van der Waals surface area contributed by atoms with E-state index in [1.165, 1.54) is 0 Å². The van der Waals surface area contributed by atoms with E-state index in [9.17, 15) is 4.79 Å². The Morgan fingerprint density at radius 2 is 2.20 bits per heavy atom. The van der Waals surface area contributed by atoms with Gasteiger partial charge >= 0.3 is 0 Å². The Labute approximate surface area is 117 Å². The number of rotatable bonds is 2. The zero-order chi connectivity index (χ0) is 13.9. The van der Waals surface area contributed by atoms with Gasteiger partial charge in [-0.25, -0.2) is 0 Å².